The second-order valence-electron chi connectivity index (χ2n) is 5.28. The van der Waals surface area contributed by atoms with Gasteiger partial charge in [-0.15, -0.1) is 0 Å². The first-order valence-electron chi connectivity index (χ1n) is 7.52. The van der Waals surface area contributed by atoms with E-state index >= 15 is 0 Å². The van der Waals surface area contributed by atoms with Gasteiger partial charge in [0.25, 0.3) is 0 Å². The average Bonchev–Trinajstić information content (AvgIpc) is 3.09. The van der Waals surface area contributed by atoms with E-state index in [1.165, 1.54) is 0 Å². The Labute approximate surface area is 130 Å². The van der Waals surface area contributed by atoms with Gasteiger partial charge in [-0.3, -0.25) is 4.79 Å². The van der Waals surface area contributed by atoms with E-state index in [9.17, 15) is 4.79 Å². The lowest BCUT2D eigenvalue weighted by Gasteiger charge is -2.11. The van der Waals surface area contributed by atoms with Gasteiger partial charge in [0.15, 0.2) is 0 Å². The van der Waals surface area contributed by atoms with Crippen LogP contribution in [0.5, 0.6) is 11.5 Å². The zero-order chi connectivity index (χ0) is 15.2. The molecular weight excluding hydrogens is 278 g/mol. The maximum Gasteiger partial charge on any atom is 0.249 e. The highest BCUT2D eigenvalue weighted by molar-refractivity contribution is 5.80. The average molecular weight is 297 g/mol. The van der Waals surface area contributed by atoms with Crippen molar-refractivity contribution in [3.63, 3.8) is 0 Å². The number of ether oxygens (including phenoxy) is 2. The predicted molar refractivity (Wildman–Crippen MR) is 83.8 cm³/mol. The van der Waals surface area contributed by atoms with Crippen LogP contribution in [0.25, 0.3) is 0 Å². The number of hydrogen-bond donors (Lipinski definition) is 1. The van der Waals surface area contributed by atoms with Gasteiger partial charge >= 0.3 is 0 Å². The Morgan fingerprint density at radius 3 is 2.50 bits per heavy atom. The lowest BCUT2D eigenvalue weighted by molar-refractivity contribution is -0.130. The quantitative estimate of drug-likeness (QED) is 0.921. The Bertz CT molecular complexity index is 604. The number of rotatable bonds is 5. The van der Waals surface area contributed by atoms with Crippen LogP contribution in [0.4, 0.5) is 0 Å². The van der Waals surface area contributed by atoms with Gasteiger partial charge in [0.05, 0.1) is 0 Å². The highest BCUT2D eigenvalue weighted by atomic mass is 16.5. The molecule has 2 aromatic carbocycles. The first-order valence-corrected chi connectivity index (χ1v) is 7.52. The number of nitrogens with one attached hydrogen (secondary N) is 1. The first kappa shape index (κ1) is 14.6. The number of para-hydroxylation sites is 1. The molecule has 1 heterocycles. The second-order valence-corrected chi connectivity index (χ2v) is 5.28. The molecule has 1 fully saturated rings. The summed E-state index contributed by atoms with van der Waals surface area (Å²) in [7, 11) is 0. The van der Waals surface area contributed by atoms with Gasteiger partial charge in [-0.1, -0.05) is 30.3 Å². The Balaban J connectivity index is 1.52. The number of hydrogen-bond acceptors (Lipinski definition) is 3. The molecule has 0 bridgehead atoms. The number of amides is 1. The minimum atomic E-state index is -0.277. The van der Waals surface area contributed by atoms with Crippen LogP contribution in [0.2, 0.25) is 0 Å². The van der Waals surface area contributed by atoms with E-state index in [-0.39, 0.29) is 12.0 Å². The monoisotopic (exact) mass is 297 g/mol. The van der Waals surface area contributed by atoms with Crippen molar-refractivity contribution in [3.8, 4) is 11.5 Å². The Hall–Kier alpha value is -2.33. The molecule has 1 atom stereocenters. The van der Waals surface area contributed by atoms with E-state index in [4.69, 9.17) is 9.47 Å². The number of carbonyl (C=O) groups is 1. The summed E-state index contributed by atoms with van der Waals surface area (Å²) in [6, 6.07) is 17.4. The van der Waals surface area contributed by atoms with Gasteiger partial charge in [0.2, 0.25) is 5.91 Å². The summed E-state index contributed by atoms with van der Waals surface area (Å²) in [5.41, 5.74) is 1.03. The van der Waals surface area contributed by atoms with Gasteiger partial charge in [0.1, 0.15) is 17.6 Å². The number of carbonyl (C=O) groups excluding carboxylic acids is 1. The van der Waals surface area contributed by atoms with E-state index < -0.39 is 0 Å². The molecule has 2 aromatic rings. The number of benzene rings is 2. The van der Waals surface area contributed by atoms with Crippen molar-refractivity contribution >= 4 is 5.91 Å². The molecule has 1 N–H and O–H groups in total. The molecule has 114 valence electrons. The van der Waals surface area contributed by atoms with Gasteiger partial charge in [-0.05, 0) is 42.7 Å². The van der Waals surface area contributed by atoms with E-state index in [1.807, 2.05) is 54.6 Å². The summed E-state index contributed by atoms with van der Waals surface area (Å²) in [6.45, 7) is 1.19. The molecule has 1 unspecified atom stereocenters. The van der Waals surface area contributed by atoms with Crippen molar-refractivity contribution in [2.24, 2.45) is 0 Å². The van der Waals surface area contributed by atoms with Crippen LogP contribution in [0.15, 0.2) is 54.6 Å². The zero-order valence-corrected chi connectivity index (χ0v) is 12.3. The molecule has 4 nitrogen and oxygen atoms in total. The van der Waals surface area contributed by atoms with Crippen LogP contribution in [-0.4, -0.2) is 18.6 Å². The fourth-order valence-electron chi connectivity index (χ4n) is 2.39. The van der Waals surface area contributed by atoms with Crippen molar-refractivity contribution < 1.29 is 14.3 Å². The van der Waals surface area contributed by atoms with Crippen LogP contribution in [0, 0.1) is 0 Å². The fraction of sp³-hybridized carbons (Fsp3) is 0.278. The van der Waals surface area contributed by atoms with Crippen molar-refractivity contribution in [1.29, 1.82) is 0 Å². The van der Waals surface area contributed by atoms with Gasteiger partial charge in [0, 0.05) is 13.2 Å². The van der Waals surface area contributed by atoms with Gasteiger partial charge in [-0.2, -0.15) is 0 Å². The molecule has 1 aliphatic rings. The Morgan fingerprint density at radius 2 is 1.82 bits per heavy atom. The van der Waals surface area contributed by atoms with Crippen molar-refractivity contribution in [2.45, 2.75) is 25.5 Å². The Kier molecular flexibility index (Phi) is 4.71. The SMILES string of the molecule is O=C(NCc1ccc(Oc2ccccc2)cc1)C1CCCO1. The third-order valence-electron chi connectivity index (χ3n) is 3.59. The molecule has 3 rings (SSSR count). The largest absolute Gasteiger partial charge is 0.457 e. The molecule has 22 heavy (non-hydrogen) atoms. The molecule has 0 saturated carbocycles. The van der Waals surface area contributed by atoms with Crippen molar-refractivity contribution in [1.82, 2.24) is 5.32 Å². The van der Waals surface area contributed by atoms with E-state index in [0.29, 0.717) is 13.2 Å². The standard InChI is InChI=1S/C18H19NO3/c20-18(17-7-4-12-21-17)19-13-14-8-10-16(11-9-14)22-15-5-2-1-3-6-15/h1-3,5-6,8-11,17H,4,7,12-13H2,(H,19,20). The maximum atomic E-state index is 11.9. The molecule has 4 heteroatoms. The predicted octanol–water partition coefficient (Wildman–Crippen LogP) is 3.27. The minimum absolute atomic E-state index is 0.0258. The van der Waals surface area contributed by atoms with E-state index in [0.717, 1.165) is 29.9 Å². The summed E-state index contributed by atoms with van der Waals surface area (Å²) in [5, 5.41) is 2.91. The lowest BCUT2D eigenvalue weighted by Crippen LogP contribution is -2.33. The zero-order valence-electron chi connectivity index (χ0n) is 12.3. The van der Waals surface area contributed by atoms with Crippen LogP contribution in [0.3, 0.4) is 0 Å². The highest BCUT2D eigenvalue weighted by Crippen LogP contribution is 2.21. The maximum absolute atomic E-state index is 11.9. The lowest BCUT2D eigenvalue weighted by atomic mass is 10.2. The van der Waals surface area contributed by atoms with Crippen LogP contribution < -0.4 is 10.1 Å². The van der Waals surface area contributed by atoms with Crippen molar-refractivity contribution in [2.75, 3.05) is 6.61 Å². The molecule has 0 aliphatic carbocycles. The molecule has 0 radical (unpaired) electrons. The molecule has 0 aromatic heterocycles. The summed E-state index contributed by atoms with van der Waals surface area (Å²) in [6.07, 6.45) is 1.50. The van der Waals surface area contributed by atoms with E-state index in [2.05, 4.69) is 5.32 Å². The van der Waals surface area contributed by atoms with Crippen molar-refractivity contribution in [3.05, 3.63) is 60.2 Å². The molecular formula is C18H19NO3. The molecule has 1 aliphatic heterocycles. The minimum Gasteiger partial charge on any atom is -0.457 e. The smallest absolute Gasteiger partial charge is 0.249 e. The van der Waals surface area contributed by atoms with E-state index in [1.54, 1.807) is 0 Å². The van der Waals surface area contributed by atoms with Gasteiger partial charge in [-0.25, -0.2) is 0 Å². The third kappa shape index (κ3) is 3.86. The molecule has 0 spiro atoms. The van der Waals surface area contributed by atoms with Crippen LogP contribution in [-0.2, 0) is 16.1 Å². The third-order valence-corrected chi connectivity index (χ3v) is 3.59. The summed E-state index contributed by atoms with van der Waals surface area (Å²) in [4.78, 5) is 11.9. The Morgan fingerprint density at radius 1 is 1.09 bits per heavy atom. The fourth-order valence-corrected chi connectivity index (χ4v) is 2.39. The second kappa shape index (κ2) is 7.09. The molecule has 1 amide bonds. The van der Waals surface area contributed by atoms with Gasteiger partial charge < -0.3 is 14.8 Å². The summed E-state index contributed by atoms with van der Waals surface area (Å²) in [5.74, 6) is 1.56. The van der Waals surface area contributed by atoms with Crippen LogP contribution in [0.1, 0.15) is 18.4 Å². The highest BCUT2D eigenvalue weighted by Gasteiger charge is 2.22. The summed E-state index contributed by atoms with van der Waals surface area (Å²) >= 11 is 0. The topological polar surface area (TPSA) is 47.6 Å². The first-order chi connectivity index (χ1) is 10.8. The normalized spacial score (nSPS) is 17.2. The summed E-state index contributed by atoms with van der Waals surface area (Å²) < 4.78 is 11.1. The van der Waals surface area contributed by atoms with Crippen LogP contribution >= 0.6 is 0 Å². The molecule has 1 saturated heterocycles.